The Labute approximate surface area is 146 Å². The largest absolute Gasteiger partial charge is 0.417 e. The predicted octanol–water partition coefficient (Wildman–Crippen LogP) is 4.99. The van der Waals surface area contributed by atoms with Crippen molar-refractivity contribution in [3.05, 3.63) is 77.2 Å². The average Bonchev–Trinajstić information content (AvgIpc) is 3.04. The molecule has 25 heavy (non-hydrogen) atoms. The summed E-state index contributed by atoms with van der Waals surface area (Å²) < 4.78 is 39.4. The van der Waals surface area contributed by atoms with E-state index in [2.05, 4.69) is 15.5 Å². The van der Waals surface area contributed by atoms with Gasteiger partial charge in [0.1, 0.15) is 5.82 Å². The molecular formula is C17H12ClF3N4. The molecule has 0 bridgehead atoms. The van der Waals surface area contributed by atoms with Crippen LogP contribution in [-0.4, -0.2) is 15.8 Å². The van der Waals surface area contributed by atoms with Gasteiger partial charge in [0.15, 0.2) is 0 Å². The van der Waals surface area contributed by atoms with Gasteiger partial charge in [-0.2, -0.15) is 18.3 Å². The van der Waals surface area contributed by atoms with Crippen LogP contribution in [0.25, 0.3) is 5.69 Å². The second kappa shape index (κ2) is 6.98. The van der Waals surface area contributed by atoms with E-state index in [1.165, 1.54) is 6.07 Å². The molecule has 1 aromatic carbocycles. The number of nitrogens with one attached hydrogen (secondary N) is 1. The van der Waals surface area contributed by atoms with Crippen molar-refractivity contribution in [1.82, 2.24) is 9.55 Å². The van der Waals surface area contributed by atoms with Crippen molar-refractivity contribution < 1.29 is 13.2 Å². The molecule has 2 aromatic heterocycles. The third-order valence-corrected chi connectivity index (χ3v) is 3.60. The van der Waals surface area contributed by atoms with Crippen LogP contribution in [0, 0.1) is 0 Å². The van der Waals surface area contributed by atoms with Crippen LogP contribution in [0.1, 0.15) is 11.3 Å². The Hall–Kier alpha value is -2.80. The van der Waals surface area contributed by atoms with Crippen LogP contribution in [0.5, 0.6) is 0 Å². The van der Waals surface area contributed by atoms with Crippen molar-refractivity contribution in [2.45, 2.75) is 6.18 Å². The lowest BCUT2D eigenvalue weighted by molar-refractivity contribution is -0.137. The summed E-state index contributed by atoms with van der Waals surface area (Å²) in [4.78, 5) is 3.69. The first kappa shape index (κ1) is 17.0. The number of hydrogen-bond donors (Lipinski definition) is 1. The first-order chi connectivity index (χ1) is 11.9. The van der Waals surface area contributed by atoms with Crippen molar-refractivity contribution in [2.24, 2.45) is 5.10 Å². The highest BCUT2D eigenvalue weighted by Gasteiger charge is 2.30. The predicted molar refractivity (Wildman–Crippen MR) is 91.2 cm³/mol. The maximum absolute atomic E-state index is 12.5. The van der Waals surface area contributed by atoms with Gasteiger partial charge in [0.25, 0.3) is 0 Å². The minimum atomic E-state index is -4.41. The van der Waals surface area contributed by atoms with Gasteiger partial charge in [-0.1, -0.05) is 11.6 Å². The molecule has 0 fully saturated rings. The fourth-order valence-electron chi connectivity index (χ4n) is 2.13. The number of halogens is 4. The second-order valence-electron chi connectivity index (χ2n) is 5.08. The monoisotopic (exact) mass is 364 g/mol. The van der Waals surface area contributed by atoms with Crippen LogP contribution < -0.4 is 5.43 Å². The number of nitrogens with zero attached hydrogens (tertiary/aromatic N) is 3. The van der Waals surface area contributed by atoms with Crippen LogP contribution in [0.2, 0.25) is 5.02 Å². The average molecular weight is 365 g/mol. The van der Waals surface area contributed by atoms with E-state index in [9.17, 15) is 13.2 Å². The van der Waals surface area contributed by atoms with Crippen molar-refractivity contribution in [3.63, 3.8) is 0 Å². The lowest BCUT2D eigenvalue weighted by atomic mass is 10.3. The van der Waals surface area contributed by atoms with Crippen LogP contribution in [0.15, 0.2) is 66.0 Å². The minimum absolute atomic E-state index is 0.217. The summed E-state index contributed by atoms with van der Waals surface area (Å²) in [5, 5.41) is 4.65. The van der Waals surface area contributed by atoms with Crippen molar-refractivity contribution >= 4 is 23.6 Å². The Kier molecular flexibility index (Phi) is 4.76. The maximum atomic E-state index is 12.5. The molecule has 0 saturated heterocycles. The highest BCUT2D eigenvalue weighted by molar-refractivity contribution is 6.30. The van der Waals surface area contributed by atoms with Gasteiger partial charge in [-0.25, -0.2) is 4.98 Å². The summed E-state index contributed by atoms with van der Waals surface area (Å²) in [6, 6.07) is 13.2. The Morgan fingerprint density at radius 2 is 1.84 bits per heavy atom. The SMILES string of the molecule is FC(F)(F)c1ccc(N/N=C/c2cccn2-c2ccc(Cl)cc2)nc1. The number of hydrazone groups is 1. The van der Waals surface area contributed by atoms with E-state index in [-0.39, 0.29) is 5.82 Å². The van der Waals surface area contributed by atoms with E-state index in [0.717, 1.165) is 23.6 Å². The number of pyridine rings is 1. The van der Waals surface area contributed by atoms with Crippen LogP contribution in [-0.2, 0) is 6.18 Å². The normalized spacial score (nSPS) is 11.8. The summed E-state index contributed by atoms with van der Waals surface area (Å²) >= 11 is 5.88. The first-order valence-electron chi connectivity index (χ1n) is 7.19. The van der Waals surface area contributed by atoms with Crippen molar-refractivity contribution in [1.29, 1.82) is 0 Å². The number of hydrogen-bond acceptors (Lipinski definition) is 3. The topological polar surface area (TPSA) is 42.2 Å². The molecule has 0 aliphatic carbocycles. The zero-order chi connectivity index (χ0) is 17.9. The van der Waals surface area contributed by atoms with Gasteiger partial charge in [0, 0.05) is 23.1 Å². The number of rotatable bonds is 4. The molecule has 0 atom stereocenters. The van der Waals surface area contributed by atoms with E-state index in [1.807, 2.05) is 35.0 Å². The summed E-state index contributed by atoms with van der Waals surface area (Å²) in [6.07, 6.45) is -0.239. The molecule has 0 unspecified atom stereocenters. The zero-order valence-electron chi connectivity index (χ0n) is 12.7. The molecule has 8 heteroatoms. The van der Waals surface area contributed by atoms with Crippen molar-refractivity contribution in [2.75, 3.05) is 5.43 Å². The Bertz CT molecular complexity index is 868. The van der Waals surface area contributed by atoms with E-state index < -0.39 is 11.7 Å². The summed E-state index contributed by atoms with van der Waals surface area (Å²) in [6.45, 7) is 0. The van der Waals surface area contributed by atoms with E-state index in [1.54, 1.807) is 18.3 Å². The van der Waals surface area contributed by atoms with Gasteiger partial charge < -0.3 is 4.57 Å². The quantitative estimate of drug-likeness (QED) is 0.523. The maximum Gasteiger partial charge on any atom is 0.417 e. The standard InChI is InChI=1S/C17H12ClF3N4/c18-13-4-6-14(7-5-13)25-9-1-2-15(25)11-23-24-16-8-3-12(10-22-16)17(19,20)21/h1-11H,(H,22,24)/b23-11+. The minimum Gasteiger partial charge on any atom is -0.316 e. The van der Waals surface area contributed by atoms with Crippen LogP contribution in [0.3, 0.4) is 0 Å². The van der Waals surface area contributed by atoms with Gasteiger partial charge in [-0.05, 0) is 48.5 Å². The number of alkyl halides is 3. The fourth-order valence-corrected chi connectivity index (χ4v) is 2.25. The molecule has 0 spiro atoms. The third-order valence-electron chi connectivity index (χ3n) is 3.35. The van der Waals surface area contributed by atoms with Gasteiger partial charge in [-0.15, -0.1) is 0 Å². The van der Waals surface area contributed by atoms with Gasteiger partial charge in [0.05, 0.1) is 17.5 Å². The van der Waals surface area contributed by atoms with Crippen LogP contribution in [0.4, 0.5) is 19.0 Å². The molecule has 1 N–H and O–H groups in total. The number of aromatic nitrogens is 2. The Balaban J connectivity index is 1.71. The molecule has 0 saturated carbocycles. The summed E-state index contributed by atoms with van der Waals surface area (Å²) in [5.74, 6) is 0.217. The molecule has 3 rings (SSSR count). The molecule has 2 heterocycles. The second-order valence-corrected chi connectivity index (χ2v) is 5.52. The van der Waals surface area contributed by atoms with Crippen LogP contribution >= 0.6 is 11.6 Å². The molecule has 3 aromatic rings. The molecule has 0 aliphatic heterocycles. The number of anilines is 1. The van der Waals surface area contributed by atoms with Gasteiger partial charge in [-0.3, -0.25) is 5.43 Å². The highest BCUT2D eigenvalue weighted by atomic mass is 35.5. The van der Waals surface area contributed by atoms with Crippen molar-refractivity contribution in [3.8, 4) is 5.69 Å². The molecule has 4 nitrogen and oxygen atoms in total. The first-order valence-corrected chi connectivity index (χ1v) is 7.57. The molecule has 0 aliphatic rings. The smallest absolute Gasteiger partial charge is 0.316 e. The van der Waals surface area contributed by atoms with E-state index in [4.69, 9.17) is 11.6 Å². The van der Waals surface area contributed by atoms with Gasteiger partial charge >= 0.3 is 6.18 Å². The lowest BCUT2D eigenvalue weighted by Gasteiger charge is -2.07. The molecule has 0 radical (unpaired) electrons. The Morgan fingerprint density at radius 3 is 2.48 bits per heavy atom. The van der Waals surface area contributed by atoms with E-state index in [0.29, 0.717) is 5.02 Å². The summed E-state index contributed by atoms with van der Waals surface area (Å²) in [5.41, 5.74) is 3.48. The van der Waals surface area contributed by atoms with Gasteiger partial charge in [0.2, 0.25) is 0 Å². The molecular weight excluding hydrogens is 353 g/mol. The third kappa shape index (κ3) is 4.19. The molecule has 128 valence electrons. The zero-order valence-corrected chi connectivity index (χ0v) is 13.5. The Morgan fingerprint density at radius 1 is 1.08 bits per heavy atom. The number of benzene rings is 1. The lowest BCUT2D eigenvalue weighted by Crippen LogP contribution is -2.06. The highest BCUT2D eigenvalue weighted by Crippen LogP contribution is 2.28. The summed E-state index contributed by atoms with van der Waals surface area (Å²) in [7, 11) is 0. The fraction of sp³-hybridized carbons (Fsp3) is 0.0588. The molecule has 0 amide bonds. The van der Waals surface area contributed by atoms with E-state index >= 15 is 0 Å².